The first-order valence-electron chi connectivity index (χ1n) is 2.45. The Bertz CT molecular complexity index is 257. The summed E-state index contributed by atoms with van der Waals surface area (Å²) in [6.45, 7) is 0. The summed E-state index contributed by atoms with van der Waals surface area (Å²) in [4.78, 5) is 0.807. The van der Waals surface area contributed by atoms with Crippen molar-refractivity contribution in [3.05, 3.63) is 12.4 Å². The van der Waals surface area contributed by atoms with E-state index in [9.17, 15) is 0 Å². The van der Waals surface area contributed by atoms with E-state index >= 15 is 0 Å². The number of rotatable bonds is 1. The third kappa shape index (κ3) is 0.781. The molecule has 0 aliphatic rings. The molecule has 0 bridgehead atoms. The van der Waals surface area contributed by atoms with Crippen LogP contribution in [0.1, 0.15) is 0 Å². The summed E-state index contributed by atoms with van der Waals surface area (Å²) in [5, 5.41) is 10.5. The normalized spacial score (nSPS) is 10.0. The minimum absolute atomic E-state index is 0.551. The number of nitrogens with zero attached hydrogens (tertiary/aromatic N) is 4. The summed E-state index contributed by atoms with van der Waals surface area (Å²) in [7, 11) is 0. The molecule has 0 atom stereocenters. The highest BCUT2D eigenvalue weighted by atomic mass is 32.1. The van der Waals surface area contributed by atoms with Gasteiger partial charge in [0.15, 0.2) is 11.9 Å². The minimum Gasteiger partial charge on any atom is -0.243 e. The zero-order valence-electron chi connectivity index (χ0n) is 4.68. The molecule has 0 aliphatic carbocycles. The fourth-order valence-electron chi connectivity index (χ4n) is 0.517. The highest BCUT2D eigenvalue weighted by molar-refractivity contribution is 7.09. The number of hydrogen-bond donors (Lipinski definition) is 0. The van der Waals surface area contributed by atoms with E-state index in [2.05, 4.69) is 30.7 Å². The predicted octanol–water partition coefficient (Wildman–Crippen LogP) is 0.388. The molecule has 0 fully saturated rings. The third-order valence-corrected chi connectivity index (χ3v) is 1.59. The van der Waals surface area contributed by atoms with Gasteiger partial charge in [0.1, 0.15) is 0 Å². The van der Waals surface area contributed by atoms with Crippen LogP contribution in [0.15, 0.2) is 10.8 Å². The zero-order valence-corrected chi connectivity index (χ0v) is 5.50. The number of hydrogen-bond acceptors (Lipinski definition) is 6. The second-order valence-electron chi connectivity index (χ2n) is 1.51. The molecule has 0 amide bonds. The molecular weight excluding hydrogens is 152 g/mol. The lowest BCUT2D eigenvalue weighted by Gasteiger charge is -1.75. The molecule has 0 aromatic carbocycles. The van der Waals surface area contributed by atoms with Crippen molar-refractivity contribution in [2.45, 2.75) is 0 Å². The van der Waals surface area contributed by atoms with Crippen molar-refractivity contribution in [2.24, 2.45) is 0 Å². The Morgan fingerprint density at radius 1 is 1.60 bits per heavy atom. The smallest absolute Gasteiger partial charge is 0.168 e. The van der Waals surface area contributed by atoms with Crippen LogP contribution in [0, 0.1) is 6.20 Å². The van der Waals surface area contributed by atoms with Gasteiger partial charge in [0, 0.05) is 0 Å². The topological polar surface area (TPSA) is 64.7 Å². The summed E-state index contributed by atoms with van der Waals surface area (Å²) >= 11 is 1.23. The highest BCUT2D eigenvalue weighted by Gasteiger charge is 2.03. The van der Waals surface area contributed by atoms with E-state index in [1.807, 2.05) is 0 Å². The molecule has 0 aliphatic heterocycles. The molecule has 0 N–H and O–H groups in total. The monoisotopic (exact) mass is 153 g/mol. The average Bonchev–Trinajstić information content (AvgIpc) is 2.59. The summed E-state index contributed by atoms with van der Waals surface area (Å²) in [6, 6.07) is 0. The second-order valence-corrected chi connectivity index (χ2v) is 2.29. The van der Waals surface area contributed by atoms with Gasteiger partial charge in [-0.05, 0) is 21.8 Å². The van der Waals surface area contributed by atoms with Gasteiger partial charge in [-0.1, -0.05) is 4.49 Å². The fraction of sp³-hybridized carbons (Fsp3) is 0. The Hall–Kier alpha value is -1.30. The van der Waals surface area contributed by atoms with Crippen LogP contribution in [0.3, 0.4) is 0 Å². The maximum atomic E-state index is 4.33. The van der Waals surface area contributed by atoms with Crippen molar-refractivity contribution in [1.82, 2.24) is 19.9 Å². The van der Waals surface area contributed by atoms with Gasteiger partial charge in [-0.3, -0.25) is 0 Å². The quantitative estimate of drug-likeness (QED) is 0.592. The molecule has 0 saturated carbocycles. The van der Waals surface area contributed by atoms with Gasteiger partial charge in [-0.15, -0.1) is 5.10 Å². The van der Waals surface area contributed by atoms with E-state index < -0.39 is 0 Å². The Morgan fingerprint density at radius 2 is 2.60 bits per heavy atom. The summed E-state index contributed by atoms with van der Waals surface area (Å²) in [5.41, 5.74) is 0.551. The van der Waals surface area contributed by atoms with Crippen molar-refractivity contribution in [3.8, 4) is 10.6 Å². The highest BCUT2D eigenvalue weighted by Crippen LogP contribution is 2.16. The van der Waals surface area contributed by atoms with Crippen molar-refractivity contribution >= 4 is 11.5 Å². The Morgan fingerprint density at radius 3 is 3.20 bits per heavy atom. The first-order valence-corrected chi connectivity index (χ1v) is 3.22. The summed E-state index contributed by atoms with van der Waals surface area (Å²) in [6.07, 6.45) is 4.13. The minimum atomic E-state index is 0.551. The van der Waals surface area contributed by atoms with Crippen molar-refractivity contribution < 1.29 is 4.63 Å². The summed E-state index contributed by atoms with van der Waals surface area (Å²) < 4.78 is 7.97. The van der Waals surface area contributed by atoms with Crippen LogP contribution in [0.5, 0.6) is 0 Å². The predicted molar refractivity (Wildman–Crippen MR) is 32.0 cm³/mol. The molecule has 0 spiro atoms. The van der Waals surface area contributed by atoms with Crippen LogP contribution in [0.4, 0.5) is 0 Å². The fourth-order valence-corrected chi connectivity index (χ4v) is 0.963. The molecule has 5 nitrogen and oxygen atoms in total. The molecule has 49 valence electrons. The van der Waals surface area contributed by atoms with Crippen LogP contribution in [-0.2, 0) is 0 Å². The Balaban J connectivity index is 2.48. The second kappa shape index (κ2) is 2.14. The van der Waals surface area contributed by atoms with E-state index in [0.29, 0.717) is 5.69 Å². The lowest BCUT2D eigenvalue weighted by atomic mass is 10.4. The molecule has 6 heteroatoms. The van der Waals surface area contributed by atoms with Crippen LogP contribution >= 0.6 is 11.5 Å². The van der Waals surface area contributed by atoms with Crippen molar-refractivity contribution in [3.63, 3.8) is 0 Å². The van der Waals surface area contributed by atoms with Gasteiger partial charge in [-0.2, -0.15) is 0 Å². The van der Waals surface area contributed by atoms with Gasteiger partial charge in [0.05, 0.1) is 11.1 Å². The summed E-state index contributed by atoms with van der Waals surface area (Å²) in [5.74, 6) is 0. The van der Waals surface area contributed by atoms with E-state index in [1.54, 1.807) is 6.20 Å². The Labute approximate surface area is 59.8 Å². The van der Waals surface area contributed by atoms with Crippen molar-refractivity contribution in [1.29, 1.82) is 0 Å². The van der Waals surface area contributed by atoms with E-state index in [0.717, 1.165) is 4.88 Å². The first-order chi connectivity index (χ1) is 4.97. The van der Waals surface area contributed by atoms with Crippen LogP contribution < -0.4 is 0 Å². The molecule has 10 heavy (non-hydrogen) atoms. The molecule has 2 heterocycles. The lowest BCUT2D eigenvalue weighted by molar-refractivity contribution is 0.307. The third-order valence-electron chi connectivity index (χ3n) is 0.919. The van der Waals surface area contributed by atoms with Crippen LogP contribution in [0.2, 0.25) is 0 Å². The maximum absolute atomic E-state index is 4.33. The molecule has 2 aromatic rings. The van der Waals surface area contributed by atoms with Gasteiger partial charge in [0.25, 0.3) is 0 Å². The average molecular weight is 153 g/mol. The SMILES string of the molecule is [c]1nonc1-c1cnns1. The number of aromatic nitrogens is 4. The molecule has 0 unspecified atom stereocenters. The molecule has 2 aromatic heterocycles. The van der Waals surface area contributed by atoms with E-state index in [-0.39, 0.29) is 0 Å². The van der Waals surface area contributed by atoms with E-state index in [4.69, 9.17) is 0 Å². The first kappa shape index (κ1) is 5.48. The van der Waals surface area contributed by atoms with Crippen LogP contribution in [0.25, 0.3) is 10.6 Å². The van der Waals surface area contributed by atoms with E-state index in [1.165, 1.54) is 11.5 Å². The van der Waals surface area contributed by atoms with Gasteiger partial charge < -0.3 is 0 Å². The van der Waals surface area contributed by atoms with Gasteiger partial charge in [0.2, 0.25) is 0 Å². The van der Waals surface area contributed by atoms with Gasteiger partial charge in [-0.25, -0.2) is 4.63 Å². The molecule has 0 saturated heterocycles. The molecule has 1 radical (unpaired) electrons. The van der Waals surface area contributed by atoms with Crippen molar-refractivity contribution in [2.75, 3.05) is 0 Å². The zero-order chi connectivity index (χ0) is 6.81. The molecule has 2 rings (SSSR count). The standard InChI is InChI=1S/C4HN4OS/c1-3(7-9-6-1)4-2-5-8-10-4/h2H. The van der Waals surface area contributed by atoms with Gasteiger partial charge >= 0.3 is 0 Å². The lowest BCUT2D eigenvalue weighted by Crippen LogP contribution is -1.67. The Kier molecular flexibility index (Phi) is 1.17. The van der Waals surface area contributed by atoms with Crippen LogP contribution in [-0.4, -0.2) is 19.9 Å². The molecular formula is C4HN4OS. The largest absolute Gasteiger partial charge is 0.243 e. The maximum Gasteiger partial charge on any atom is 0.168 e.